The van der Waals surface area contributed by atoms with Gasteiger partial charge in [-0.2, -0.15) is 0 Å². The molecular formula is C53H31N3S2. The van der Waals surface area contributed by atoms with Crippen molar-refractivity contribution >= 4 is 84.6 Å². The Labute approximate surface area is 342 Å². The second-order valence-electron chi connectivity index (χ2n) is 14.7. The van der Waals surface area contributed by atoms with Crippen molar-refractivity contribution in [3.05, 3.63) is 188 Å². The Kier molecular flexibility index (Phi) is 7.58. The lowest BCUT2D eigenvalue weighted by molar-refractivity contribution is 1.08. The summed E-state index contributed by atoms with van der Waals surface area (Å²) in [6.07, 6.45) is 0. The minimum atomic E-state index is 0.650. The van der Waals surface area contributed by atoms with Gasteiger partial charge in [-0.1, -0.05) is 152 Å². The topological polar surface area (TPSA) is 38.7 Å². The Balaban J connectivity index is 1.19. The second-order valence-corrected chi connectivity index (χ2v) is 16.8. The molecule has 0 radical (unpaired) electrons. The molecule has 270 valence electrons. The zero-order chi connectivity index (χ0) is 38.2. The molecule has 0 aliphatic carbocycles. The molecule has 58 heavy (non-hydrogen) atoms. The lowest BCUT2D eigenvalue weighted by atomic mass is 9.97. The molecule has 0 aliphatic rings. The molecule has 3 nitrogen and oxygen atoms in total. The first kappa shape index (κ1) is 33.1. The average molecular weight is 774 g/mol. The molecule has 0 spiro atoms. The van der Waals surface area contributed by atoms with Crippen molar-refractivity contribution in [2.75, 3.05) is 0 Å². The molecule has 3 aromatic heterocycles. The van der Waals surface area contributed by atoms with Crippen LogP contribution in [0, 0.1) is 0 Å². The highest BCUT2D eigenvalue weighted by Crippen LogP contribution is 2.47. The Bertz CT molecular complexity index is 3340. The van der Waals surface area contributed by atoms with E-state index in [0.717, 1.165) is 27.5 Å². The molecule has 0 bridgehead atoms. The minimum absolute atomic E-state index is 0.650. The third-order valence-electron chi connectivity index (χ3n) is 11.3. The number of rotatable bonds is 5. The standard InChI is InChI=1S/C53H31N3S2/c1-4-14-32(15-5-1)35-24-26-45-41(28-35)47-43(30-37-20-10-12-22-39(37)49(47)57-45)52-54-51(34-18-8-3-9-19-34)55-53(56-52)44-31-38-21-11-13-23-40(38)50-48(44)42-29-36(25-27-46(42)58-50)33-16-6-2-7-17-33/h1-31H. The maximum Gasteiger partial charge on any atom is 0.164 e. The number of benzene rings is 9. The van der Waals surface area contributed by atoms with E-state index in [9.17, 15) is 0 Å². The average Bonchev–Trinajstić information content (AvgIpc) is 3.88. The molecule has 0 saturated heterocycles. The molecule has 5 heteroatoms. The molecule has 0 aliphatic heterocycles. The molecule has 12 aromatic rings. The molecule has 9 aromatic carbocycles. The molecule has 0 saturated carbocycles. The maximum atomic E-state index is 5.53. The first-order valence-electron chi connectivity index (χ1n) is 19.4. The van der Waals surface area contributed by atoms with E-state index in [1.54, 1.807) is 0 Å². The number of nitrogens with zero attached hydrogens (tertiary/aromatic N) is 3. The van der Waals surface area contributed by atoms with E-state index >= 15 is 0 Å². The Hall–Kier alpha value is -7.05. The Morgan fingerprint density at radius 3 is 1.16 bits per heavy atom. The SMILES string of the molecule is c1ccc(-c2ccc3sc4c5ccccc5cc(-c5nc(-c6ccccc6)nc(-c6cc7ccccc7c7sc8ccc(-c9ccccc9)cc8c67)n5)c4c3c2)cc1. The lowest BCUT2D eigenvalue weighted by Crippen LogP contribution is -2.01. The zero-order valence-corrected chi connectivity index (χ0v) is 32.7. The summed E-state index contributed by atoms with van der Waals surface area (Å²) >= 11 is 3.68. The van der Waals surface area contributed by atoms with E-state index < -0.39 is 0 Å². The Morgan fingerprint density at radius 2 is 0.690 bits per heavy atom. The van der Waals surface area contributed by atoms with Gasteiger partial charge in [0.25, 0.3) is 0 Å². The molecule has 0 atom stereocenters. The van der Waals surface area contributed by atoms with Crippen LogP contribution in [0.15, 0.2) is 188 Å². The summed E-state index contributed by atoms with van der Waals surface area (Å²) in [5.41, 5.74) is 7.72. The molecule has 0 amide bonds. The van der Waals surface area contributed by atoms with E-state index in [4.69, 9.17) is 15.0 Å². The van der Waals surface area contributed by atoms with E-state index in [-0.39, 0.29) is 0 Å². The van der Waals surface area contributed by atoms with Crippen LogP contribution in [0.3, 0.4) is 0 Å². The van der Waals surface area contributed by atoms with Crippen molar-refractivity contribution < 1.29 is 0 Å². The molecular weight excluding hydrogens is 743 g/mol. The summed E-state index contributed by atoms with van der Waals surface area (Å²) in [5, 5.41) is 9.54. The molecule has 0 unspecified atom stereocenters. The van der Waals surface area contributed by atoms with E-state index in [2.05, 4.69) is 182 Å². The van der Waals surface area contributed by atoms with E-state index in [1.807, 2.05) is 28.7 Å². The summed E-state index contributed by atoms with van der Waals surface area (Å²) < 4.78 is 4.95. The van der Waals surface area contributed by atoms with Crippen LogP contribution in [0.1, 0.15) is 0 Å². The van der Waals surface area contributed by atoms with Crippen LogP contribution in [-0.2, 0) is 0 Å². The van der Waals surface area contributed by atoms with E-state index in [1.165, 1.54) is 73.4 Å². The van der Waals surface area contributed by atoms with Crippen LogP contribution in [0.25, 0.3) is 118 Å². The monoisotopic (exact) mass is 773 g/mol. The van der Waals surface area contributed by atoms with Gasteiger partial charge in [0, 0.05) is 57.0 Å². The highest BCUT2D eigenvalue weighted by atomic mass is 32.1. The fourth-order valence-corrected chi connectivity index (χ4v) is 11.0. The zero-order valence-electron chi connectivity index (χ0n) is 31.1. The van der Waals surface area contributed by atoms with Gasteiger partial charge in [-0.05, 0) is 80.2 Å². The van der Waals surface area contributed by atoms with Gasteiger partial charge in [-0.15, -0.1) is 22.7 Å². The fraction of sp³-hybridized carbons (Fsp3) is 0. The van der Waals surface area contributed by atoms with E-state index in [0.29, 0.717) is 17.5 Å². The second kappa shape index (κ2) is 13.3. The molecule has 3 heterocycles. The van der Waals surface area contributed by atoms with Gasteiger partial charge >= 0.3 is 0 Å². The highest BCUT2D eigenvalue weighted by Gasteiger charge is 2.22. The number of hydrogen-bond donors (Lipinski definition) is 0. The normalized spacial score (nSPS) is 11.8. The number of aromatic nitrogens is 3. The number of fused-ring (bicyclic) bond motifs is 10. The summed E-state index contributed by atoms with van der Waals surface area (Å²) in [6.45, 7) is 0. The number of hydrogen-bond acceptors (Lipinski definition) is 5. The lowest BCUT2D eigenvalue weighted by Gasteiger charge is -2.13. The van der Waals surface area contributed by atoms with Crippen LogP contribution in [0.5, 0.6) is 0 Å². The first-order chi connectivity index (χ1) is 28.7. The van der Waals surface area contributed by atoms with Gasteiger partial charge in [-0.3, -0.25) is 0 Å². The van der Waals surface area contributed by atoms with Gasteiger partial charge in [0.05, 0.1) is 0 Å². The van der Waals surface area contributed by atoms with Crippen LogP contribution < -0.4 is 0 Å². The maximum absolute atomic E-state index is 5.53. The van der Waals surface area contributed by atoms with Gasteiger partial charge in [0.1, 0.15) is 0 Å². The third-order valence-corrected chi connectivity index (χ3v) is 13.7. The summed E-state index contributed by atoms with van der Waals surface area (Å²) in [7, 11) is 0. The predicted molar refractivity (Wildman–Crippen MR) is 248 cm³/mol. The smallest absolute Gasteiger partial charge is 0.164 e. The minimum Gasteiger partial charge on any atom is -0.208 e. The van der Waals surface area contributed by atoms with Crippen LogP contribution in [0.4, 0.5) is 0 Å². The summed E-state index contributed by atoms with van der Waals surface area (Å²) in [6, 6.07) is 67.2. The molecule has 0 N–H and O–H groups in total. The van der Waals surface area contributed by atoms with Crippen LogP contribution >= 0.6 is 22.7 Å². The number of thiophene rings is 2. The van der Waals surface area contributed by atoms with Gasteiger partial charge < -0.3 is 0 Å². The van der Waals surface area contributed by atoms with Crippen molar-refractivity contribution in [3.8, 4) is 56.4 Å². The summed E-state index contributed by atoms with van der Waals surface area (Å²) in [5.74, 6) is 1.97. The van der Waals surface area contributed by atoms with Crippen molar-refractivity contribution in [3.63, 3.8) is 0 Å². The quantitative estimate of drug-likeness (QED) is 0.175. The first-order valence-corrected chi connectivity index (χ1v) is 21.1. The van der Waals surface area contributed by atoms with Crippen molar-refractivity contribution in [1.29, 1.82) is 0 Å². The van der Waals surface area contributed by atoms with Crippen molar-refractivity contribution in [2.24, 2.45) is 0 Å². The van der Waals surface area contributed by atoms with Crippen LogP contribution in [0.2, 0.25) is 0 Å². The fourth-order valence-electron chi connectivity index (χ4n) is 8.53. The largest absolute Gasteiger partial charge is 0.208 e. The molecule has 0 fully saturated rings. The van der Waals surface area contributed by atoms with Crippen molar-refractivity contribution in [2.45, 2.75) is 0 Å². The van der Waals surface area contributed by atoms with Crippen LogP contribution in [-0.4, -0.2) is 15.0 Å². The molecule has 12 rings (SSSR count). The van der Waals surface area contributed by atoms with Gasteiger partial charge in [0.2, 0.25) is 0 Å². The highest BCUT2D eigenvalue weighted by molar-refractivity contribution is 7.27. The summed E-state index contributed by atoms with van der Waals surface area (Å²) in [4.78, 5) is 16.2. The Morgan fingerprint density at radius 1 is 0.293 bits per heavy atom. The van der Waals surface area contributed by atoms with Crippen molar-refractivity contribution in [1.82, 2.24) is 15.0 Å². The van der Waals surface area contributed by atoms with Gasteiger partial charge in [0.15, 0.2) is 17.5 Å². The van der Waals surface area contributed by atoms with Gasteiger partial charge in [-0.25, -0.2) is 15.0 Å². The predicted octanol–water partition coefficient (Wildman–Crippen LogP) is 15.2. The third kappa shape index (κ3) is 5.36.